The van der Waals surface area contributed by atoms with Gasteiger partial charge in [0.1, 0.15) is 0 Å². The van der Waals surface area contributed by atoms with Gasteiger partial charge in [-0.05, 0) is 25.8 Å². The van der Waals surface area contributed by atoms with Crippen molar-refractivity contribution in [2.45, 2.75) is 44.9 Å². The monoisotopic (exact) mass is 345 g/mol. The molecule has 0 bridgehead atoms. The number of amides is 1. The van der Waals surface area contributed by atoms with Gasteiger partial charge in [-0.15, -0.1) is 0 Å². The van der Waals surface area contributed by atoms with Gasteiger partial charge in [-0.2, -0.15) is 10.2 Å². The minimum atomic E-state index is -0.461. The van der Waals surface area contributed by atoms with E-state index in [4.69, 9.17) is 5.73 Å². The lowest BCUT2D eigenvalue weighted by molar-refractivity contribution is 0.0993. The van der Waals surface area contributed by atoms with Crippen LogP contribution in [0.2, 0.25) is 0 Å². The topological polar surface area (TPSA) is 94.0 Å². The highest BCUT2D eigenvalue weighted by Gasteiger charge is 2.25. The number of carbonyl (C=O) groups is 1. The van der Waals surface area contributed by atoms with Gasteiger partial charge in [-0.1, -0.05) is 0 Å². The summed E-state index contributed by atoms with van der Waals surface area (Å²) in [6.07, 6.45) is 7.85. The van der Waals surface area contributed by atoms with Crippen LogP contribution >= 0.6 is 0 Å². The lowest BCUT2D eigenvalue weighted by Gasteiger charge is -2.20. The molecule has 2 atom stereocenters. The second kappa shape index (κ2) is 7.79. The Morgan fingerprint density at radius 1 is 1.52 bits per heavy atom. The summed E-state index contributed by atoms with van der Waals surface area (Å²) in [4.78, 5) is 13.8. The number of hydrogen-bond acceptors (Lipinski definition) is 5. The van der Waals surface area contributed by atoms with Crippen LogP contribution < -0.4 is 11.1 Å². The largest absolute Gasteiger partial charge is 0.364 e. The summed E-state index contributed by atoms with van der Waals surface area (Å²) in [7, 11) is 1.81. The van der Waals surface area contributed by atoms with E-state index in [0.717, 1.165) is 38.0 Å². The summed E-state index contributed by atoms with van der Waals surface area (Å²) in [5, 5.41) is 12.1. The molecule has 2 aromatic heterocycles. The van der Waals surface area contributed by atoms with Crippen molar-refractivity contribution in [1.29, 1.82) is 0 Å². The zero-order valence-electron chi connectivity index (χ0n) is 14.9. The smallest absolute Gasteiger partial charge is 0.269 e. The number of carbonyl (C=O) groups excluding carboxylic acids is 1. The molecular weight excluding hydrogens is 318 g/mol. The fraction of sp³-hybridized carbons (Fsp3) is 0.588. The third kappa shape index (κ3) is 4.67. The van der Waals surface area contributed by atoms with Crippen LogP contribution in [0.3, 0.4) is 0 Å². The first-order valence-electron chi connectivity index (χ1n) is 8.79. The van der Waals surface area contributed by atoms with Gasteiger partial charge in [0.05, 0.1) is 0 Å². The van der Waals surface area contributed by atoms with Crippen molar-refractivity contribution < 1.29 is 4.79 Å². The van der Waals surface area contributed by atoms with E-state index in [2.05, 4.69) is 27.3 Å². The minimum Gasteiger partial charge on any atom is -0.364 e. The molecule has 0 spiro atoms. The van der Waals surface area contributed by atoms with E-state index in [1.807, 2.05) is 36.4 Å². The molecule has 2 unspecified atom stereocenters. The molecule has 8 nitrogen and oxygen atoms in total. The van der Waals surface area contributed by atoms with Gasteiger partial charge in [0.25, 0.3) is 5.91 Å². The molecule has 1 fully saturated rings. The molecule has 3 heterocycles. The van der Waals surface area contributed by atoms with Crippen molar-refractivity contribution in [3.63, 3.8) is 0 Å². The van der Waals surface area contributed by atoms with Crippen LogP contribution in [-0.4, -0.2) is 55.5 Å². The number of likely N-dealkylation sites (tertiary alicyclic amines) is 1. The SMILES string of the molecule is CC(CCn1cccn1)NC1CCN(Cc2cn(C)nc2C(N)=O)C1. The summed E-state index contributed by atoms with van der Waals surface area (Å²) < 4.78 is 3.62. The van der Waals surface area contributed by atoms with Crippen LogP contribution in [0.4, 0.5) is 0 Å². The summed E-state index contributed by atoms with van der Waals surface area (Å²) in [6.45, 7) is 5.84. The standard InChI is InChI=1S/C17H27N7O/c1-13(4-9-24-7-3-6-19-24)20-15-5-8-23(12-15)11-14-10-22(2)21-16(14)17(18)25/h3,6-7,10,13,15,20H,4-5,8-9,11-12H2,1-2H3,(H2,18,25). The average molecular weight is 345 g/mol. The van der Waals surface area contributed by atoms with Crippen molar-refractivity contribution in [2.75, 3.05) is 13.1 Å². The number of primary amides is 1. The number of nitrogens with zero attached hydrogens (tertiary/aromatic N) is 5. The van der Waals surface area contributed by atoms with Crippen LogP contribution in [0.25, 0.3) is 0 Å². The highest BCUT2D eigenvalue weighted by Crippen LogP contribution is 2.16. The van der Waals surface area contributed by atoms with Gasteiger partial charge in [0.15, 0.2) is 5.69 Å². The molecule has 0 aromatic carbocycles. The normalized spacial score (nSPS) is 19.4. The number of hydrogen-bond donors (Lipinski definition) is 2. The molecule has 0 radical (unpaired) electrons. The molecule has 0 saturated carbocycles. The van der Waals surface area contributed by atoms with E-state index in [-0.39, 0.29) is 0 Å². The van der Waals surface area contributed by atoms with Crippen LogP contribution in [0, 0.1) is 0 Å². The molecule has 136 valence electrons. The maximum absolute atomic E-state index is 11.5. The van der Waals surface area contributed by atoms with Crippen molar-refractivity contribution in [2.24, 2.45) is 12.8 Å². The van der Waals surface area contributed by atoms with Crippen LogP contribution in [0.5, 0.6) is 0 Å². The molecule has 1 amide bonds. The number of aromatic nitrogens is 4. The highest BCUT2D eigenvalue weighted by atomic mass is 16.1. The highest BCUT2D eigenvalue weighted by molar-refractivity contribution is 5.92. The molecule has 3 N–H and O–H groups in total. The Morgan fingerprint density at radius 2 is 2.36 bits per heavy atom. The molecule has 8 heteroatoms. The first-order chi connectivity index (χ1) is 12.0. The number of aryl methyl sites for hydroxylation is 2. The Hall–Kier alpha value is -2.19. The van der Waals surface area contributed by atoms with Crippen molar-refractivity contribution in [1.82, 2.24) is 29.8 Å². The lowest BCUT2D eigenvalue weighted by Crippen LogP contribution is -2.39. The summed E-state index contributed by atoms with van der Waals surface area (Å²) in [5.41, 5.74) is 6.70. The lowest BCUT2D eigenvalue weighted by atomic mass is 10.2. The molecule has 25 heavy (non-hydrogen) atoms. The van der Waals surface area contributed by atoms with Crippen LogP contribution in [-0.2, 0) is 20.1 Å². The Balaban J connectivity index is 1.46. The molecule has 2 aromatic rings. The maximum Gasteiger partial charge on any atom is 0.269 e. The first-order valence-corrected chi connectivity index (χ1v) is 8.79. The predicted octanol–water partition coefficient (Wildman–Crippen LogP) is 0.358. The van der Waals surface area contributed by atoms with E-state index < -0.39 is 5.91 Å². The van der Waals surface area contributed by atoms with Crippen molar-refractivity contribution in [3.8, 4) is 0 Å². The van der Waals surface area contributed by atoms with Crippen molar-refractivity contribution >= 4 is 5.91 Å². The fourth-order valence-corrected chi connectivity index (χ4v) is 3.46. The average Bonchev–Trinajstić information content (AvgIpc) is 3.27. The van der Waals surface area contributed by atoms with E-state index >= 15 is 0 Å². The van der Waals surface area contributed by atoms with E-state index in [0.29, 0.717) is 24.3 Å². The van der Waals surface area contributed by atoms with E-state index in [9.17, 15) is 4.79 Å². The quantitative estimate of drug-likeness (QED) is 0.720. The molecule has 1 aliphatic rings. The summed E-state index contributed by atoms with van der Waals surface area (Å²) >= 11 is 0. The Kier molecular flexibility index (Phi) is 5.50. The van der Waals surface area contributed by atoms with Crippen molar-refractivity contribution in [3.05, 3.63) is 35.9 Å². The Labute approximate surface area is 148 Å². The second-order valence-corrected chi connectivity index (χ2v) is 6.89. The van der Waals surface area contributed by atoms with Crippen LogP contribution in [0.15, 0.2) is 24.7 Å². The van der Waals surface area contributed by atoms with Gasteiger partial charge < -0.3 is 11.1 Å². The number of nitrogens with one attached hydrogen (secondary N) is 1. The molecular formula is C17H27N7O. The Morgan fingerprint density at radius 3 is 3.08 bits per heavy atom. The number of nitrogens with two attached hydrogens (primary N) is 1. The van der Waals surface area contributed by atoms with Gasteiger partial charge in [-0.3, -0.25) is 19.1 Å². The zero-order chi connectivity index (χ0) is 17.8. The second-order valence-electron chi connectivity index (χ2n) is 6.89. The third-order valence-electron chi connectivity index (χ3n) is 4.67. The van der Waals surface area contributed by atoms with Gasteiger partial charge in [-0.25, -0.2) is 0 Å². The predicted molar refractivity (Wildman–Crippen MR) is 94.8 cm³/mol. The zero-order valence-corrected chi connectivity index (χ0v) is 14.9. The molecule has 1 aliphatic heterocycles. The van der Waals surface area contributed by atoms with Gasteiger partial charge in [0.2, 0.25) is 0 Å². The summed E-state index contributed by atoms with van der Waals surface area (Å²) in [5.74, 6) is -0.461. The van der Waals surface area contributed by atoms with Gasteiger partial charge in [0, 0.05) is 69.5 Å². The van der Waals surface area contributed by atoms with Crippen LogP contribution in [0.1, 0.15) is 35.8 Å². The van der Waals surface area contributed by atoms with E-state index in [1.165, 1.54) is 0 Å². The minimum absolute atomic E-state index is 0.381. The Bertz CT molecular complexity index is 694. The van der Waals surface area contributed by atoms with Gasteiger partial charge >= 0.3 is 0 Å². The molecule has 1 saturated heterocycles. The first kappa shape index (κ1) is 17.6. The fourth-order valence-electron chi connectivity index (χ4n) is 3.46. The summed E-state index contributed by atoms with van der Waals surface area (Å²) in [6, 6.07) is 2.86. The molecule has 3 rings (SSSR count). The maximum atomic E-state index is 11.5. The number of rotatable bonds is 8. The molecule has 0 aliphatic carbocycles. The van der Waals surface area contributed by atoms with E-state index in [1.54, 1.807) is 4.68 Å². The third-order valence-corrected chi connectivity index (χ3v) is 4.67.